The van der Waals surface area contributed by atoms with Gasteiger partial charge >= 0.3 is 0 Å². The van der Waals surface area contributed by atoms with E-state index in [0.717, 1.165) is 17.2 Å². The molecule has 0 aromatic carbocycles. The van der Waals surface area contributed by atoms with Crippen molar-refractivity contribution in [1.82, 2.24) is 9.97 Å². The second-order valence-electron chi connectivity index (χ2n) is 7.29. The molecule has 1 aromatic rings. The Balaban J connectivity index is 2.17. The van der Waals surface area contributed by atoms with E-state index in [-0.39, 0.29) is 5.92 Å². The molecule has 0 unspecified atom stereocenters. The zero-order chi connectivity index (χ0) is 15.6. The summed E-state index contributed by atoms with van der Waals surface area (Å²) in [7, 11) is 0. The molecule has 5 heteroatoms. The van der Waals surface area contributed by atoms with Crippen molar-refractivity contribution in [3.63, 3.8) is 0 Å². The highest BCUT2D eigenvalue weighted by atomic mass is 15.3. The van der Waals surface area contributed by atoms with E-state index < -0.39 is 0 Å². The molecule has 2 rings (SSSR count). The van der Waals surface area contributed by atoms with Gasteiger partial charge in [0.25, 0.3) is 0 Å². The molecule has 1 saturated carbocycles. The Morgan fingerprint density at radius 2 is 1.71 bits per heavy atom. The summed E-state index contributed by atoms with van der Waals surface area (Å²) in [5.41, 5.74) is 4.16. The number of rotatable bonds is 4. The minimum Gasteiger partial charge on any atom is -0.367 e. The molecule has 0 aliphatic heterocycles. The van der Waals surface area contributed by atoms with Crippen LogP contribution >= 0.6 is 0 Å². The van der Waals surface area contributed by atoms with Crippen LogP contribution in [0.4, 0.5) is 11.6 Å². The lowest BCUT2D eigenvalue weighted by Crippen LogP contribution is -2.30. The van der Waals surface area contributed by atoms with Gasteiger partial charge in [-0.3, -0.25) is 0 Å². The van der Waals surface area contributed by atoms with Crippen molar-refractivity contribution in [2.45, 2.75) is 72.3 Å². The Kier molecular flexibility index (Phi) is 4.71. The summed E-state index contributed by atoms with van der Waals surface area (Å²) in [6.45, 7) is 10.9. The van der Waals surface area contributed by atoms with Gasteiger partial charge in [0.2, 0.25) is 0 Å². The third-order valence-corrected chi connectivity index (χ3v) is 4.50. The Morgan fingerprint density at radius 3 is 2.24 bits per heavy atom. The van der Waals surface area contributed by atoms with E-state index in [1.165, 1.54) is 25.7 Å². The summed E-state index contributed by atoms with van der Waals surface area (Å²) in [6, 6.07) is 0.497. The molecule has 1 aliphatic rings. The van der Waals surface area contributed by atoms with Crippen molar-refractivity contribution in [3.8, 4) is 0 Å². The number of hydrazine groups is 1. The Bertz CT molecular complexity index is 486. The van der Waals surface area contributed by atoms with Gasteiger partial charge in [-0.15, -0.1) is 0 Å². The quantitative estimate of drug-likeness (QED) is 0.584. The first-order valence-electron chi connectivity index (χ1n) is 7.94. The van der Waals surface area contributed by atoms with Crippen molar-refractivity contribution in [1.29, 1.82) is 0 Å². The zero-order valence-electron chi connectivity index (χ0n) is 14.0. The van der Waals surface area contributed by atoms with Crippen LogP contribution in [0.15, 0.2) is 0 Å². The van der Waals surface area contributed by atoms with Gasteiger partial charge in [-0.05, 0) is 38.0 Å². The standard InChI is InChI=1S/C16H29N5/c1-10(2)13-19-14(11(3)15(20-13)21-17)18-12-6-8-16(4,5)9-7-12/h10,12H,6-9,17H2,1-5H3,(H2,18,19,20,21). The SMILES string of the molecule is Cc1c(NN)nc(C(C)C)nc1NC1CCC(C)(C)CC1. The fourth-order valence-electron chi connectivity index (χ4n) is 2.81. The molecule has 0 bridgehead atoms. The largest absolute Gasteiger partial charge is 0.367 e. The Hall–Kier alpha value is -1.36. The number of nitrogens with one attached hydrogen (secondary N) is 2. The number of hydrogen-bond donors (Lipinski definition) is 3. The molecule has 0 radical (unpaired) electrons. The van der Waals surface area contributed by atoms with Crippen LogP contribution in [0.3, 0.4) is 0 Å². The van der Waals surface area contributed by atoms with Gasteiger partial charge in [-0.2, -0.15) is 0 Å². The van der Waals surface area contributed by atoms with E-state index in [4.69, 9.17) is 10.8 Å². The molecule has 118 valence electrons. The van der Waals surface area contributed by atoms with Crippen LogP contribution < -0.4 is 16.6 Å². The lowest BCUT2D eigenvalue weighted by molar-refractivity contribution is 0.232. The predicted octanol–water partition coefficient (Wildman–Crippen LogP) is 3.57. The van der Waals surface area contributed by atoms with Crippen LogP contribution in [0.2, 0.25) is 0 Å². The summed E-state index contributed by atoms with van der Waals surface area (Å²) < 4.78 is 0. The summed E-state index contributed by atoms with van der Waals surface area (Å²) >= 11 is 0. The molecule has 0 saturated heterocycles. The van der Waals surface area contributed by atoms with Crippen molar-refractivity contribution >= 4 is 11.6 Å². The van der Waals surface area contributed by atoms with Crippen LogP contribution in [0, 0.1) is 12.3 Å². The molecule has 4 N–H and O–H groups in total. The van der Waals surface area contributed by atoms with Gasteiger partial charge in [0.05, 0.1) is 0 Å². The summed E-state index contributed by atoms with van der Waals surface area (Å²) in [6.07, 6.45) is 4.90. The molecular formula is C16H29N5. The van der Waals surface area contributed by atoms with Crippen molar-refractivity contribution in [2.24, 2.45) is 11.3 Å². The first-order valence-corrected chi connectivity index (χ1v) is 7.94. The van der Waals surface area contributed by atoms with Crippen molar-refractivity contribution in [2.75, 3.05) is 10.7 Å². The Morgan fingerprint density at radius 1 is 1.14 bits per heavy atom. The number of anilines is 2. The van der Waals surface area contributed by atoms with Gasteiger partial charge in [0.1, 0.15) is 17.5 Å². The van der Waals surface area contributed by atoms with Crippen molar-refractivity contribution < 1.29 is 0 Å². The minimum atomic E-state index is 0.281. The van der Waals surface area contributed by atoms with E-state index >= 15 is 0 Å². The number of nitrogens with zero attached hydrogens (tertiary/aromatic N) is 2. The predicted molar refractivity (Wildman–Crippen MR) is 88.3 cm³/mol. The van der Waals surface area contributed by atoms with E-state index in [1.807, 2.05) is 6.92 Å². The third kappa shape index (κ3) is 3.84. The normalized spacial score (nSPS) is 18.8. The Labute approximate surface area is 128 Å². The zero-order valence-corrected chi connectivity index (χ0v) is 14.0. The topological polar surface area (TPSA) is 75.9 Å². The molecule has 0 amide bonds. The van der Waals surface area contributed by atoms with Crippen LogP contribution in [0.25, 0.3) is 0 Å². The summed E-state index contributed by atoms with van der Waals surface area (Å²) in [5.74, 6) is 8.33. The van der Waals surface area contributed by atoms with Gasteiger partial charge in [-0.25, -0.2) is 15.8 Å². The molecule has 1 fully saturated rings. The second kappa shape index (κ2) is 6.18. The number of hydrogen-bond acceptors (Lipinski definition) is 5. The minimum absolute atomic E-state index is 0.281. The molecule has 21 heavy (non-hydrogen) atoms. The third-order valence-electron chi connectivity index (χ3n) is 4.50. The summed E-state index contributed by atoms with van der Waals surface area (Å²) in [4.78, 5) is 9.17. The maximum Gasteiger partial charge on any atom is 0.148 e. The molecule has 1 aromatic heterocycles. The first kappa shape index (κ1) is 16.0. The number of nitrogen functional groups attached to an aromatic ring is 1. The molecular weight excluding hydrogens is 262 g/mol. The van der Waals surface area contributed by atoms with Crippen LogP contribution in [-0.4, -0.2) is 16.0 Å². The van der Waals surface area contributed by atoms with Crippen molar-refractivity contribution in [3.05, 3.63) is 11.4 Å². The van der Waals surface area contributed by atoms with Gasteiger partial charge in [-0.1, -0.05) is 27.7 Å². The van der Waals surface area contributed by atoms with Gasteiger partial charge < -0.3 is 10.7 Å². The summed E-state index contributed by atoms with van der Waals surface area (Å²) in [5, 5.41) is 3.61. The number of aromatic nitrogens is 2. The van der Waals surface area contributed by atoms with E-state index in [2.05, 4.69) is 43.4 Å². The van der Waals surface area contributed by atoms with E-state index in [9.17, 15) is 0 Å². The molecule has 5 nitrogen and oxygen atoms in total. The number of nitrogens with two attached hydrogens (primary N) is 1. The molecule has 0 atom stereocenters. The lowest BCUT2D eigenvalue weighted by atomic mass is 9.75. The monoisotopic (exact) mass is 291 g/mol. The highest BCUT2D eigenvalue weighted by molar-refractivity contribution is 5.57. The van der Waals surface area contributed by atoms with Crippen LogP contribution in [-0.2, 0) is 0 Å². The molecule has 1 heterocycles. The average molecular weight is 291 g/mol. The first-order chi connectivity index (χ1) is 9.82. The fourth-order valence-corrected chi connectivity index (χ4v) is 2.81. The van der Waals surface area contributed by atoms with Gasteiger partial charge in [0, 0.05) is 17.5 Å². The average Bonchev–Trinajstić information content (AvgIpc) is 2.43. The van der Waals surface area contributed by atoms with Gasteiger partial charge in [0.15, 0.2) is 0 Å². The van der Waals surface area contributed by atoms with Crippen LogP contribution in [0.5, 0.6) is 0 Å². The molecule has 0 spiro atoms. The maximum absolute atomic E-state index is 5.59. The van der Waals surface area contributed by atoms with E-state index in [0.29, 0.717) is 17.3 Å². The highest BCUT2D eigenvalue weighted by Crippen LogP contribution is 2.36. The van der Waals surface area contributed by atoms with Crippen LogP contribution in [0.1, 0.15) is 70.7 Å². The lowest BCUT2D eigenvalue weighted by Gasteiger charge is -2.35. The smallest absolute Gasteiger partial charge is 0.148 e. The second-order valence-corrected chi connectivity index (χ2v) is 7.29. The fraction of sp³-hybridized carbons (Fsp3) is 0.750. The highest BCUT2D eigenvalue weighted by Gasteiger charge is 2.27. The van der Waals surface area contributed by atoms with E-state index in [1.54, 1.807) is 0 Å². The molecule has 1 aliphatic carbocycles. The maximum atomic E-state index is 5.59.